The smallest absolute Gasteiger partial charge is 0.472 e. The van der Waals surface area contributed by atoms with Gasteiger partial charge in [-0.2, -0.15) is 0 Å². The number of phosphoric ester groups is 1. The lowest BCUT2D eigenvalue weighted by Crippen LogP contribution is -2.25. The Bertz CT molecular complexity index is 206. The number of hydrogen-bond donors (Lipinski definition) is 3. The third kappa shape index (κ3) is 4.10. The molecule has 0 aromatic carbocycles. The molecule has 0 heterocycles. The van der Waals surface area contributed by atoms with Crippen LogP contribution in [-0.4, -0.2) is 40.0 Å². The summed E-state index contributed by atoms with van der Waals surface area (Å²) < 4.78 is 19.0. The van der Waals surface area contributed by atoms with E-state index in [0.717, 1.165) is 7.11 Å². The van der Waals surface area contributed by atoms with Crippen LogP contribution in [0.15, 0.2) is 0 Å². The lowest BCUT2D eigenvalue weighted by Gasteiger charge is -2.15. The molecule has 3 N–H and O–H groups in total. The zero-order chi connectivity index (χ0) is 9.78. The van der Waals surface area contributed by atoms with E-state index in [2.05, 4.69) is 21.3 Å². The summed E-state index contributed by atoms with van der Waals surface area (Å²) in [5.41, 5.74) is 0. The molecule has 12 heavy (non-hydrogen) atoms. The minimum absolute atomic E-state index is 0.691. The van der Waals surface area contributed by atoms with Gasteiger partial charge < -0.3 is 15.1 Å². The van der Waals surface area contributed by atoms with Gasteiger partial charge in [0.25, 0.3) is 0 Å². The lowest BCUT2D eigenvalue weighted by atomic mass is 10.4. The van der Waals surface area contributed by atoms with Gasteiger partial charge in [0.05, 0.1) is 6.61 Å². The van der Waals surface area contributed by atoms with Crippen LogP contribution in [-0.2, 0) is 13.6 Å². The minimum Gasteiger partial charge on any atom is -0.500 e. The zero-order valence-electron chi connectivity index (χ0n) is 6.21. The van der Waals surface area contributed by atoms with E-state index >= 15 is 0 Å². The summed E-state index contributed by atoms with van der Waals surface area (Å²) >= 11 is 4.21. The monoisotopic (exact) mass is 216 g/mol. The summed E-state index contributed by atoms with van der Waals surface area (Å²) in [5.74, 6) is 0. The van der Waals surface area contributed by atoms with Crippen LogP contribution in [0.5, 0.6) is 0 Å². The van der Waals surface area contributed by atoms with Gasteiger partial charge in [-0.3, -0.25) is 9.05 Å². The molecule has 0 spiro atoms. The summed E-state index contributed by atoms with van der Waals surface area (Å²) in [4.78, 5) is 8.70. The minimum atomic E-state index is -4.21. The zero-order valence-corrected chi connectivity index (χ0v) is 7.92. The summed E-state index contributed by atoms with van der Waals surface area (Å²) in [5, 5.41) is 16.4. The van der Waals surface area contributed by atoms with Crippen LogP contribution in [0.2, 0.25) is 0 Å². The van der Waals surface area contributed by atoms with Crippen molar-refractivity contribution in [3.8, 4) is 0 Å². The number of hydrogen-bond acceptors (Lipinski definition) is 5. The maximum absolute atomic E-state index is 10.7. The molecular weight excluding hydrogens is 207 g/mol. The average molecular weight is 216 g/mol. The van der Waals surface area contributed by atoms with E-state index in [-0.39, 0.29) is 0 Å². The van der Waals surface area contributed by atoms with E-state index in [1.807, 2.05) is 0 Å². The van der Waals surface area contributed by atoms with Crippen molar-refractivity contribution in [2.75, 3.05) is 13.7 Å². The fraction of sp³-hybridized carbons (Fsp3) is 0.750. The Morgan fingerprint density at radius 2 is 2.25 bits per heavy atom. The lowest BCUT2D eigenvalue weighted by molar-refractivity contribution is 0.102. The van der Waals surface area contributed by atoms with E-state index < -0.39 is 25.6 Å². The van der Waals surface area contributed by atoms with Crippen molar-refractivity contribution in [2.24, 2.45) is 0 Å². The van der Waals surface area contributed by atoms with Crippen LogP contribution >= 0.6 is 20.0 Å². The maximum atomic E-state index is 10.7. The van der Waals surface area contributed by atoms with E-state index in [9.17, 15) is 4.57 Å². The molecule has 0 bridgehead atoms. The Morgan fingerprint density at radius 3 is 2.50 bits per heavy atom. The first kappa shape index (κ1) is 12.0. The highest BCUT2D eigenvalue weighted by atomic mass is 32.1. The van der Waals surface area contributed by atoms with Gasteiger partial charge in [-0.15, -0.1) is 0 Å². The van der Waals surface area contributed by atoms with Gasteiger partial charge in [0.15, 0.2) is 11.2 Å². The number of thiocarbonyl (C=S) groups is 1. The fourth-order valence-electron chi connectivity index (χ4n) is 0.360. The molecule has 0 saturated heterocycles. The van der Waals surface area contributed by atoms with Gasteiger partial charge in [-0.25, -0.2) is 4.57 Å². The van der Waals surface area contributed by atoms with E-state index in [1.165, 1.54) is 0 Å². The summed E-state index contributed by atoms with van der Waals surface area (Å²) in [7, 11) is -3.25. The third-order valence-electron chi connectivity index (χ3n) is 0.932. The molecule has 0 fully saturated rings. The molecule has 0 aromatic heterocycles. The van der Waals surface area contributed by atoms with Crippen molar-refractivity contribution >= 4 is 25.1 Å². The molecule has 0 amide bonds. The number of rotatable bonds is 5. The van der Waals surface area contributed by atoms with Crippen molar-refractivity contribution in [3.63, 3.8) is 0 Å². The second kappa shape index (κ2) is 4.86. The number of aliphatic hydroxyl groups excluding tert-OH is 2. The van der Waals surface area contributed by atoms with Crippen molar-refractivity contribution in [2.45, 2.75) is 6.10 Å². The maximum Gasteiger partial charge on any atom is 0.472 e. The first-order valence-electron chi connectivity index (χ1n) is 2.83. The molecule has 0 radical (unpaired) electrons. The molecule has 6 nitrogen and oxygen atoms in total. The first-order valence-corrected chi connectivity index (χ1v) is 4.74. The highest BCUT2D eigenvalue weighted by Crippen LogP contribution is 2.43. The molecule has 0 saturated carbocycles. The first-order chi connectivity index (χ1) is 5.43. The second-order valence-corrected chi connectivity index (χ2v) is 3.70. The van der Waals surface area contributed by atoms with Crippen LogP contribution in [0.4, 0.5) is 0 Å². The van der Waals surface area contributed by atoms with Crippen molar-refractivity contribution in [1.29, 1.82) is 0 Å². The topological polar surface area (TPSA) is 96.2 Å². The van der Waals surface area contributed by atoms with Gasteiger partial charge in [0, 0.05) is 7.11 Å². The van der Waals surface area contributed by atoms with Crippen LogP contribution in [0.3, 0.4) is 0 Å². The van der Waals surface area contributed by atoms with E-state index in [4.69, 9.17) is 15.1 Å². The standard InChI is InChI=1S/C4H9O6PS/c1-9-11(7,8)10-3(2-5)4(6)12/h3,5H,2H2,1H3,(H,6,12)(H,7,8). The number of phosphoric acid groups is 1. The predicted octanol–water partition coefficient (Wildman–Crippen LogP) is -0.00390. The van der Waals surface area contributed by atoms with E-state index in [0.29, 0.717) is 0 Å². The van der Waals surface area contributed by atoms with Crippen LogP contribution < -0.4 is 0 Å². The fourth-order valence-corrected chi connectivity index (χ4v) is 1.13. The summed E-state index contributed by atoms with van der Waals surface area (Å²) in [6, 6.07) is 0. The molecule has 0 aromatic rings. The normalized spacial score (nSPS) is 18.2. The highest BCUT2D eigenvalue weighted by molar-refractivity contribution is 7.80. The van der Waals surface area contributed by atoms with Gasteiger partial charge in [-0.1, -0.05) is 0 Å². The van der Waals surface area contributed by atoms with Gasteiger partial charge >= 0.3 is 7.82 Å². The average Bonchev–Trinajstić information content (AvgIpc) is 2.00. The SMILES string of the molecule is COP(=O)(O)OC(CO)C(O)=S. The molecule has 72 valence electrons. The molecule has 2 unspecified atom stereocenters. The quantitative estimate of drug-likeness (QED) is 0.439. The van der Waals surface area contributed by atoms with Crippen LogP contribution in [0.25, 0.3) is 0 Å². The third-order valence-corrected chi connectivity index (χ3v) is 2.18. The Hall–Kier alpha value is -0.0400. The molecule has 0 rings (SSSR count). The van der Waals surface area contributed by atoms with Gasteiger partial charge in [0.1, 0.15) is 0 Å². The van der Waals surface area contributed by atoms with Crippen LogP contribution in [0, 0.1) is 0 Å². The van der Waals surface area contributed by atoms with E-state index in [1.54, 1.807) is 0 Å². The molecule has 0 aliphatic carbocycles. The highest BCUT2D eigenvalue weighted by Gasteiger charge is 2.27. The molecule has 8 heteroatoms. The summed E-state index contributed by atoms with van der Waals surface area (Å²) in [6.45, 7) is -0.691. The largest absolute Gasteiger partial charge is 0.500 e. The second-order valence-electron chi connectivity index (χ2n) is 1.77. The summed E-state index contributed by atoms with van der Waals surface area (Å²) in [6.07, 6.45) is -1.38. The van der Waals surface area contributed by atoms with Gasteiger partial charge in [-0.05, 0) is 12.2 Å². The van der Waals surface area contributed by atoms with Crippen molar-refractivity contribution in [1.82, 2.24) is 0 Å². The van der Waals surface area contributed by atoms with Crippen LogP contribution in [0.1, 0.15) is 0 Å². The molecular formula is C4H9O6PS. The Morgan fingerprint density at radius 1 is 1.75 bits per heavy atom. The molecule has 2 atom stereocenters. The van der Waals surface area contributed by atoms with Crippen molar-refractivity contribution < 1.29 is 28.7 Å². The molecule has 0 aliphatic rings. The van der Waals surface area contributed by atoms with Crippen molar-refractivity contribution in [3.05, 3.63) is 0 Å². The predicted molar refractivity (Wildman–Crippen MR) is 44.0 cm³/mol. The Labute approximate surface area is 74.4 Å². The Balaban J connectivity index is 4.21. The Kier molecular flexibility index (Phi) is 4.84. The number of aliphatic hydroxyl groups is 2. The molecule has 0 aliphatic heterocycles. The van der Waals surface area contributed by atoms with Gasteiger partial charge in [0.2, 0.25) is 0 Å².